The van der Waals surface area contributed by atoms with Crippen LogP contribution in [0.25, 0.3) is 6.08 Å². The number of carbonyl (C=O) groups excluding carboxylic acids is 2. The molecule has 4 nitrogen and oxygen atoms in total. The highest BCUT2D eigenvalue weighted by Crippen LogP contribution is 2.18. The number of rotatable bonds is 5. The van der Waals surface area contributed by atoms with Crippen molar-refractivity contribution in [3.63, 3.8) is 0 Å². The van der Waals surface area contributed by atoms with Gasteiger partial charge in [-0.15, -0.1) is 0 Å². The van der Waals surface area contributed by atoms with E-state index >= 15 is 0 Å². The van der Waals surface area contributed by atoms with Gasteiger partial charge in [-0.05, 0) is 36.6 Å². The Bertz CT molecular complexity index is 538. The van der Waals surface area contributed by atoms with Gasteiger partial charge in [-0.3, -0.25) is 9.59 Å². The van der Waals surface area contributed by atoms with E-state index in [1.165, 1.54) is 29.2 Å². The van der Waals surface area contributed by atoms with Crippen molar-refractivity contribution in [1.29, 1.82) is 0 Å². The molecule has 1 aromatic rings. The average molecular weight is 276 g/mol. The number of benzene rings is 1. The van der Waals surface area contributed by atoms with Gasteiger partial charge in [0.05, 0.1) is 6.54 Å². The lowest BCUT2D eigenvalue weighted by atomic mass is 10.2. The van der Waals surface area contributed by atoms with Gasteiger partial charge in [-0.25, -0.2) is 4.39 Å². The molecule has 1 aliphatic carbocycles. The molecule has 0 aromatic heterocycles. The zero-order valence-electron chi connectivity index (χ0n) is 11.3. The Hall–Kier alpha value is -2.17. The van der Waals surface area contributed by atoms with Crippen LogP contribution in [0.4, 0.5) is 4.39 Å². The molecule has 20 heavy (non-hydrogen) atoms. The summed E-state index contributed by atoms with van der Waals surface area (Å²) in [6, 6.07) is 6.24. The van der Waals surface area contributed by atoms with E-state index in [1.807, 2.05) is 0 Å². The van der Waals surface area contributed by atoms with E-state index in [-0.39, 0.29) is 30.2 Å². The van der Waals surface area contributed by atoms with Crippen LogP contribution in [0.3, 0.4) is 0 Å². The molecule has 0 spiro atoms. The van der Waals surface area contributed by atoms with Crippen molar-refractivity contribution in [3.05, 3.63) is 41.7 Å². The number of nitrogens with one attached hydrogen (secondary N) is 1. The summed E-state index contributed by atoms with van der Waals surface area (Å²) in [7, 11) is 1.56. The van der Waals surface area contributed by atoms with E-state index in [2.05, 4.69) is 5.32 Å². The summed E-state index contributed by atoms with van der Waals surface area (Å²) in [6.07, 6.45) is 4.89. The molecular weight excluding hydrogens is 259 g/mol. The molecule has 0 heterocycles. The van der Waals surface area contributed by atoms with Gasteiger partial charge >= 0.3 is 0 Å². The molecule has 0 unspecified atom stereocenters. The molecule has 1 aromatic carbocycles. The molecule has 2 amide bonds. The first kappa shape index (κ1) is 14.2. The van der Waals surface area contributed by atoms with Crippen LogP contribution < -0.4 is 5.32 Å². The number of hydrogen-bond donors (Lipinski definition) is 1. The van der Waals surface area contributed by atoms with E-state index < -0.39 is 0 Å². The predicted molar refractivity (Wildman–Crippen MR) is 74.2 cm³/mol. The molecule has 1 saturated carbocycles. The quantitative estimate of drug-likeness (QED) is 0.830. The molecule has 0 aliphatic heterocycles. The Balaban J connectivity index is 1.84. The van der Waals surface area contributed by atoms with Crippen molar-refractivity contribution in [3.8, 4) is 0 Å². The Morgan fingerprint density at radius 1 is 1.45 bits per heavy atom. The van der Waals surface area contributed by atoms with Crippen LogP contribution in [0.1, 0.15) is 18.4 Å². The Kier molecular flexibility index (Phi) is 4.50. The van der Waals surface area contributed by atoms with E-state index in [0.29, 0.717) is 5.56 Å². The third-order valence-corrected chi connectivity index (χ3v) is 2.97. The van der Waals surface area contributed by atoms with Gasteiger partial charge in [-0.1, -0.05) is 12.1 Å². The fourth-order valence-corrected chi connectivity index (χ4v) is 1.70. The van der Waals surface area contributed by atoms with Gasteiger partial charge in [-0.2, -0.15) is 0 Å². The van der Waals surface area contributed by atoms with Crippen LogP contribution in [0.5, 0.6) is 0 Å². The van der Waals surface area contributed by atoms with Gasteiger partial charge in [0.25, 0.3) is 0 Å². The molecule has 0 atom stereocenters. The normalized spacial score (nSPS) is 14.3. The molecule has 0 bridgehead atoms. The second kappa shape index (κ2) is 6.32. The maximum Gasteiger partial charge on any atom is 0.246 e. The topological polar surface area (TPSA) is 49.4 Å². The molecule has 0 radical (unpaired) electrons. The minimum atomic E-state index is -0.350. The molecular formula is C15H17FN2O2. The second-order valence-corrected chi connectivity index (χ2v) is 4.92. The molecule has 2 rings (SSSR count). The fourth-order valence-electron chi connectivity index (χ4n) is 1.70. The number of likely N-dealkylation sites (N-methyl/N-ethyl adjacent to an activating group) is 1. The summed E-state index contributed by atoms with van der Waals surface area (Å²) >= 11 is 0. The fraction of sp³-hybridized carbons (Fsp3) is 0.333. The lowest BCUT2D eigenvalue weighted by Gasteiger charge is -2.14. The summed E-state index contributed by atoms with van der Waals surface area (Å²) in [6.45, 7) is 0.0306. The molecule has 1 aliphatic rings. The van der Waals surface area contributed by atoms with Gasteiger partial charge in [0.2, 0.25) is 11.8 Å². The minimum absolute atomic E-state index is 0.0306. The van der Waals surface area contributed by atoms with Crippen LogP contribution in [0.2, 0.25) is 0 Å². The Morgan fingerprint density at radius 2 is 2.20 bits per heavy atom. The zero-order valence-corrected chi connectivity index (χ0v) is 11.3. The van der Waals surface area contributed by atoms with Crippen LogP contribution in [0.15, 0.2) is 30.3 Å². The van der Waals surface area contributed by atoms with E-state index in [1.54, 1.807) is 19.2 Å². The number of carbonyl (C=O) groups is 2. The predicted octanol–water partition coefficient (Wildman–Crippen LogP) is 1.58. The van der Waals surface area contributed by atoms with Crippen molar-refractivity contribution in [2.75, 3.05) is 13.6 Å². The SMILES string of the molecule is CN(CC(=O)NC1CC1)C(=O)C=Cc1cccc(F)c1. The third kappa shape index (κ3) is 4.50. The Morgan fingerprint density at radius 3 is 2.85 bits per heavy atom. The third-order valence-electron chi connectivity index (χ3n) is 2.97. The van der Waals surface area contributed by atoms with E-state index in [0.717, 1.165) is 12.8 Å². The molecule has 5 heteroatoms. The first-order valence-electron chi connectivity index (χ1n) is 6.53. The highest BCUT2D eigenvalue weighted by atomic mass is 19.1. The lowest BCUT2D eigenvalue weighted by molar-refractivity contribution is -0.131. The van der Waals surface area contributed by atoms with E-state index in [4.69, 9.17) is 0 Å². The second-order valence-electron chi connectivity index (χ2n) is 4.92. The number of hydrogen-bond acceptors (Lipinski definition) is 2. The summed E-state index contributed by atoms with van der Waals surface area (Å²) in [5, 5.41) is 2.81. The van der Waals surface area contributed by atoms with Crippen molar-refractivity contribution in [2.24, 2.45) is 0 Å². The average Bonchev–Trinajstić information content (AvgIpc) is 3.19. The van der Waals surface area contributed by atoms with Crippen LogP contribution >= 0.6 is 0 Å². The molecule has 1 fully saturated rings. The van der Waals surface area contributed by atoms with Crippen molar-refractivity contribution in [2.45, 2.75) is 18.9 Å². The standard InChI is InChI=1S/C15H17FN2O2/c1-18(10-14(19)17-13-6-7-13)15(20)8-5-11-3-2-4-12(16)9-11/h2-5,8-9,13H,6-7,10H2,1H3,(H,17,19). The van der Waals surface area contributed by atoms with Crippen LogP contribution in [-0.4, -0.2) is 36.3 Å². The highest BCUT2D eigenvalue weighted by molar-refractivity contribution is 5.94. The monoisotopic (exact) mass is 276 g/mol. The lowest BCUT2D eigenvalue weighted by Crippen LogP contribution is -2.38. The zero-order chi connectivity index (χ0) is 14.5. The first-order chi connectivity index (χ1) is 9.54. The Labute approximate surface area is 117 Å². The smallest absolute Gasteiger partial charge is 0.246 e. The number of halogens is 1. The molecule has 1 N–H and O–H groups in total. The summed E-state index contributed by atoms with van der Waals surface area (Å²) in [4.78, 5) is 24.7. The number of amides is 2. The van der Waals surface area contributed by atoms with Crippen LogP contribution in [0, 0.1) is 5.82 Å². The van der Waals surface area contributed by atoms with Crippen molar-refractivity contribution in [1.82, 2.24) is 10.2 Å². The van der Waals surface area contributed by atoms with Gasteiger partial charge in [0, 0.05) is 19.2 Å². The summed E-state index contributed by atoms with van der Waals surface area (Å²) < 4.78 is 13.0. The van der Waals surface area contributed by atoms with E-state index in [9.17, 15) is 14.0 Å². The maximum atomic E-state index is 13.0. The first-order valence-corrected chi connectivity index (χ1v) is 6.53. The molecule has 106 valence electrons. The van der Waals surface area contributed by atoms with Gasteiger partial charge in [0.1, 0.15) is 5.82 Å². The highest BCUT2D eigenvalue weighted by Gasteiger charge is 2.23. The number of nitrogens with zero attached hydrogens (tertiary/aromatic N) is 1. The van der Waals surface area contributed by atoms with Gasteiger partial charge in [0.15, 0.2) is 0 Å². The maximum absolute atomic E-state index is 13.0. The minimum Gasteiger partial charge on any atom is -0.352 e. The van der Waals surface area contributed by atoms with Gasteiger partial charge < -0.3 is 10.2 Å². The summed E-state index contributed by atoms with van der Waals surface area (Å²) in [5.41, 5.74) is 0.606. The molecule has 0 saturated heterocycles. The van der Waals surface area contributed by atoms with Crippen molar-refractivity contribution < 1.29 is 14.0 Å². The largest absolute Gasteiger partial charge is 0.352 e. The van der Waals surface area contributed by atoms with Crippen molar-refractivity contribution >= 4 is 17.9 Å². The summed E-state index contributed by atoms with van der Waals surface area (Å²) in [5.74, 6) is -0.792. The van der Waals surface area contributed by atoms with Crippen LogP contribution in [-0.2, 0) is 9.59 Å².